The number of imidazole rings is 1. The van der Waals surface area contributed by atoms with Gasteiger partial charge in [-0.3, -0.25) is 0 Å². The second-order valence-corrected chi connectivity index (χ2v) is 5.35. The van der Waals surface area contributed by atoms with Gasteiger partial charge in [-0.05, 0) is 25.5 Å². The van der Waals surface area contributed by atoms with Crippen LogP contribution in [0.1, 0.15) is 52.0 Å². The van der Waals surface area contributed by atoms with Crippen molar-refractivity contribution in [2.24, 2.45) is 0 Å². The van der Waals surface area contributed by atoms with E-state index < -0.39 is 0 Å². The lowest BCUT2D eigenvalue weighted by Gasteiger charge is -2.16. The van der Waals surface area contributed by atoms with Crippen LogP contribution in [0.2, 0.25) is 0 Å². The third kappa shape index (κ3) is 3.59. The van der Waals surface area contributed by atoms with Gasteiger partial charge >= 0.3 is 0 Å². The average molecular weight is 272 g/mol. The summed E-state index contributed by atoms with van der Waals surface area (Å²) >= 11 is 0. The summed E-state index contributed by atoms with van der Waals surface area (Å²) in [5.74, 6) is 0.547. The van der Waals surface area contributed by atoms with Crippen molar-refractivity contribution in [2.45, 2.75) is 52.0 Å². The minimum absolute atomic E-state index is 0.457. The van der Waals surface area contributed by atoms with Gasteiger partial charge < -0.3 is 10.3 Å². The van der Waals surface area contributed by atoms with Gasteiger partial charge in [-0.1, -0.05) is 32.6 Å². The van der Waals surface area contributed by atoms with Gasteiger partial charge in [-0.15, -0.1) is 0 Å². The number of nitrogens with zero attached hydrogens (tertiary/aromatic N) is 3. The number of rotatable bonds is 7. The zero-order valence-corrected chi connectivity index (χ0v) is 12.4. The highest BCUT2D eigenvalue weighted by Gasteiger charge is 2.11. The lowest BCUT2D eigenvalue weighted by atomic mass is 10.1. The largest absolute Gasteiger partial charge is 0.384 e. The fraction of sp³-hybridized carbons (Fsp3) is 0.500. The van der Waals surface area contributed by atoms with Crippen LogP contribution in [0.25, 0.3) is 11.3 Å². The first kappa shape index (κ1) is 14.6. The van der Waals surface area contributed by atoms with E-state index in [1.807, 2.05) is 24.7 Å². The number of hydrogen-bond acceptors (Lipinski definition) is 3. The molecule has 2 N–H and O–H groups in total. The summed E-state index contributed by atoms with van der Waals surface area (Å²) in [5, 5.41) is 0. The minimum Gasteiger partial charge on any atom is -0.384 e. The molecule has 0 aliphatic carbocycles. The van der Waals surface area contributed by atoms with Gasteiger partial charge in [0.2, 0.25) is 0 Å². The SMILES string of the molecule is CCCCCCC(C)n1cncc1-c1ccnc(N)c1. The summed E-state index contributed by atoms with van der Waals surface area (Å²) in [6, 6.07) is 4.34. The van der Waals surface area contributed by atoms with Crippen LogP contribution in [-0.4, -0.2) is 14.5 Å². The highest BCUT2D eigenvalue weighted by Crippen LogP contribution is 2.25. The molecule has 0 saturated heterocycles. The Morgan fingerprint density at radius 1 is 1.30 bits per heavy atom. The molecule has 0 bridgehead atoms. The van der Waals surface area contributed by atoms with Crippen molar-refractivity contribution in [3.63, 3.8) is 0 Å². The maximum Gasteiger partial charge on any atom is 0.123 e. The maximum atomic E-state index is 5.76. The van der Waals surface area contributed by atoms with Crippen LogP contribution >= 0.6 is 0 Å². The lowest BCUT2D eigenvalue weighted by Crippen LogP contribution is -2.06. The first-order valence-electron chi connectivity index (χ1n) is 7.46. The molecule has 0 aliphatic rings. The molecule has 2 aromatic rings. The quantitative estimate of drug-likeness (QED) is 0.773. The van der Waals surface area contributed by atoms with Crippen molar-refractivity contribution in [3.05, 3.63) is 30.9 Å². The molecule has 0 radical (unpaired) electrons. The van der Waals surface area contributed by atoms with Crippen LogP contribution in [0.5, 0.6) is 0 Å². The van der Waals surface area contributed by atoms with Gasteiger partial charge in [0.15, 0.2) is 0 Å². The third-order valence-corrected chi connectivity index (χ3v) is 3.69. The number of aromatic nitrogens is 3. The Kier molecular flexibility index (Phi) is 5.16. The Balaban J connectivity index is 2.08. The van der Waals surface area contributed by atoms with Crippen LogP contribution in [0, 0.1) is 0 Å². The van der Waals surface area contributed by atoms with Crippen molar-refractivity contribution in [1.82, 2.24) is 14.5 Å². The Hall–Kier alpha value is -1.84. The smallest absolute Gasteiger partial charge is 0.123 e. The topological polar surface area (TPSA) is 56.7 Å². The summed E-state index contributed by atoms with van der Waals surface area (Å²) in [5.41, 5.74) is 7.96. The van der Waals surface area contributed by atoms with Crippen LogP contribution in [-0.2, 0) is 0 Å². The Morgan fingerprint density at radius 2 is 2.15 bits per heavy atom. The van der Waals surface area contributed by atoms with E-state index in [1.54, 1.807) is 6.20 Å². The number of unbranched alkanes of at least 4 members (excludes halogenated alkanes) is 3. The molecule has 0 aliphatic heterocycles. The van der Waals surface area contributed by atoms with Gasteiger partial charge in [-0.25, -0.2) is 9.97 Å². The first-order chi connectivity index (χ1) is 9.72. The van der Waals surface area contributed by atoms with Gasteiger partial charge in [0.1, 0.15) is 5.82 Å². The average Bonchev–Trinajstić information content (AvgIpc) is 2.93. The lowest BCUT2D eigenvalue weighted by molar-refractivity contribution is 0.475. The number of nitrogen functional groups attached to an aromatic ring is 1. The fourth-order valence-electron chi connectivity index (χ4n) is 2.49. The first-order valence-corrected chi connectivity index (χ1v) is 7.46. The van der Waals surface area contributed by atoms with Crippen molar-refractivity contribution < 1.29 is 0 Å². The van der Waals surface area contributed by atoms with Crippen LogP contribution in [0.3, 0.4) is 0 Å². The monoisotopic (exact) mass is 272 g/mol. The predicted molar refractivity (Wildman–Crippen MR) is 83.3 cm³/mol. The van der Waals surface area contributed by atoms with Crippen LogP contribution in [0.15, 0.2) is 30.9 Å². The Morgan fingerprint density at radius 3 is 2.90 bits per heavy atom. The summed E-state index contributed by atoms with van der Waals surface area (Å²) in [7, 11) is 0. The van der Waals surface area contributed by atoms with Gasteiger partial charge in [-0.2, -0.15) is 0 Å². The van der Waals surface area contributed by atoms with Gasteiger partial charge in [0, 0.05) is 17.8 Å². The van der Waals surface area contributed by atoms with E-state index in [9.17, 15) is 0 Å². The van der Waals surface area contributed by atoms with E-state index >= 15 is 0 Å². The number of anilines is 1. The molecule has 0 amide bonds. The summed E-state index contributed by atoms with van der Waals surface area (Å²) in [6.45, 7) is 4.49. The second kappa shape index (κ2) is 7.08. The highest BCUT2D eigenvalue weighted by atomic mass is 15.1. The minimum atomic E-state index is 0.457. The molecule has 108 valence electrons. The summed E-state index contributed by atoms with van der Waals surface area (Å²) in [6.07, 6.45) is 11.9. The van der Waals surface area contributed by atoms with Gasteiger partial charge in [0.05, 0.1) is 18.2 Å². The van der Waals surface area contributed by atoms with Crippen molar-refractivity contribution >= 4 is 5.82 Å². The molecule has 4 heteroatoms. The van der Waals surface area contributed by atoms with E-state index in [0.717, 1.165) is 11.3 Å². The summed E-state index contributed by atoms with van der Waals surface area (Å²) in [4.78, 5) is 8.34. The molecule has 1 unspecified atom stereocenters. The maximum absolute atomic E-state index is 5.76. The van der Waals surface area contributed by atoms with Gasteiger partial charge in [0.25, 0.3) is 0 Å². The molecule has 1 atom stereocenters. The third-order valence-electron chi connectivity index (χ3n) is 3.69. The molecule has 0 fully saturated rings. The Bertz CT molecular complexity index is 533. The molecular formula is C16H24N4. The van der Waals surface area contributed by atoms with Crippen LogP contribution < -0.4 is 5.73 Å². The molecule has 2 heterocycles. The number of pyridine rings is 1. The van der Waals surface area contributed by atoms with E-state index in [0.29, 0.717) is 11.9 Å². The summed E-state index contributed by atoms with van der Waals surface area (Å²) < 4.78 is 2.24. The molecule has 0 saturated carbocycles. The van der Waals surface area contributed by atoms with E-state index in [2.05, 4.69) is 28.4 Å². The highest BCUT2D eigenvalue weighted by molar-refractivity contribution is 5.61. The molecule has 0 aromatic carbocycles. The fourth-order valence-corrected chi connectivity index (χ4v) is 2.49. The number of hydrogen-bond donors (Lipinski definition) is 1. The standard InChI is InChI=1S/C16H24N4/c1-3-4-5-6-7-13(2)20-12-18-11-15(20)14-8-9-19-16(17)10-14/h8-13H,3-7H2,1-2H3,(H2,17,19). The zero-order chi connectivity index (χ0) is 14.4. The predicted octanol–water partition coefficient (Wildman–Crippen LogP) is 4.06. The number of nitrogens with two attached hydrogens (primary N) is 1. The van der Waals surface area contributed by atoms with E-state index in [4.69, 9.17) is 5.73 Å². The second-order valence-electron chi connectivity index (χ2n) is 5.35. The molecule has 4 nitrogen and oxygen atoms in total. The molecule has 20 heavy (non-hydrogen) atoms. The van der Waals surface area contributed by atoms with Crippen molar-refractivity contribution in [2.75, 3.05) is 5.73 Å². The van der Waals surface area contributed by atoms with E-state index in [1.165, 1.54) is 32.1 Å². The molecule has 0 spiro atoms. The van der Waals surface area contributed by atoms with E-state index in [-0.39, 0.29) is 0 Å². The zero-order valence-electron chi connectivity index (χ0n) is 12.4. The van der Waals surface area contributed by atoms with Crippen LogP contribution in [0.4, 0.5) is 5.82 Å². The van der Waals surface area contributed by atoms with Crippen molar-refractivity contribution in [1.29, 1.82) is 0 Å². The van der Waals surface area contributed by atoms with Crippen molar-refractivity contribution in [3.8, 4) is 11.3 Å². The molecule has 2 aromatic heterocycles. The molecule has 2 rings (SSSR count). The Labute approximate surface area is 121 Å². The normalized spacial score (nSPS) is 12.5. The molecular weight excluding hydrogens is 248 g/mol.